The van der Waals surface area contributed by atoms with Crippen LogP contribution in [0.1, 0.15) is 13.3 Å². The van der Waals surface area contributed by atoms with E-state index in [1.54, 1.807) is 4.90 Å². The molecule has 1 aliphatic heterocycles. The molecule has 0 saturated carbocycles. The number of thioether (sulfide) groups is 1. The molecule has 1 aliphatic rings. The molecule has 0 aromatic heterocycles. The van der Waals surface area contributed by atoms with Gasteiger partial charge < -0.3 is 9.80 Å². The zero-order valence-corrected chi connectivity index (χ0v) is 9.43. The quantitative estimate of drug-likeness (QED) is 0.594. The van der Waals surface area contributed by atoms with Gasteiger partial charge in [0.15, 0.2) is 0 Å². The molecule has 1 fully saturated rings. The minimum atomic E-state index is 0.148. The number of carbonyl (C=O) groups is 1. The monoisotopic (exact) mass is 202 g/mol. The molecule has 2 amide bonds. The summed E-state index contributed by atoms with van der Waals surface area (Å²) in [5.41, 5.74) is 0. The summed E-state index contributed by atoms with van der Waals surface area (Å²) in [7, 11) is 3.62. The first-order valence-corrected chi connectivity index (χ1v) is 5.74. The summed E-state index contributed by atoms with van der Waals surface area (Å²) in [5.74, 6) is 1.07. The number of hydrogen-bond acceptors (Lipinski definition) is 2. The summed E-state index contributed by atoms with van der Waals surface area (Å²) >= 11 is 1.96. The lowest BCUT2D eigenvalue weighted by Crippen LogP contribution is -2.40. The van der Waals surface area contributed by atoms with E-state index in [2.05, 4.69) is 6.92 Å². The summed E-state index contributed by atoms with van der Waals surface area (Å²) in [4.78, 5) is 15.2. The van der Waals surface area contributed by atoms with E-state index in [9.17, 15) is 4.79 Å². The van der Waals surface area contributed by atoms with Gasteiger partial charge in [-0.1, -0.05) is 6.92 Å². The first-order valence-electron chi connectivity index (χ1n) is 4.69. The van der Waals surface area contributed by atoms with Crippen molar-refractivity contribution in [2.24, 2.45) is 0 Å². The molecule has 0 bridgehead atoms. The van der Waals surface area contributed by atoms with Crippen LogP contribution in [0.3, 0.4) is 0 Å². The van der Waals surface area contributed by atoms with Gasteiger partial charge >= 0.3 is 6.03 Å². The Labute approximate surface area is 84.5 Å². The van der Waals surface area contributed by atoms with Crippen molar-refractivity contribution in [2.45, 2.75) is 18.6 Å². The lowest BCUT2D eigenvalue weighted by atomic mass is 10.3. The molecule has 1 atom stereocenters. The van der Waals surface area contributed by atoms with E-state index in [0.29, 0.717) is 5.25 Å². The summed E-state index contributed by atoms with van der Waals surface area (Å²) < 4.78 is 0. The van der Waals surface area contributed by atoms with Gasteiger partial charge in [-0.3, -0.25) is 0 Å². The normalized spacial score (nSPS) is 23.9. The van der Waals surface area contributed by atoms with E-state index in [0.717, 1.165) is 25.3 Å². The third kappa shape index (κ3) is 3.10. The molecule has 4 heteroatoms. The Hall–Kier alpha value is -0.380. The van der Waals surface area contributed by atoms with Gasteiger partial charge in [0, 0.05) is 38.2 Å². The van der Waals surface area contributed by atoms with Gasteiger partial charge in [-0.25, -0.2) is 4.79 Å². The average molecular weight is 202 g/mol. The zero-order valence-electron chi connectivity index (χ0n) is 8.62. The van der Waals surface area contributed by atoms with Crippen LogP contribution in [0.2, 0.25) is 0 Å². The largest absolute Gasteiger partial charge is 0.331 e. The number of rotatable bonds is 0. The van der Waals surface area contributed by atoms with Crippen molar-refractivity contribution in [3.63, 3.8) is 0 Å². The molecule has 3 nitrogen and oxygen atoms in total. The minimum Gasteiger partial charge on any atom is -0.331 e. The van der Waals surface area contributed by atoms with Crippen molar-refractivity contribution >= 4 is 17.8 Å². The topological polar surface area (TPSA) is 23.6 Å². The maximum absolute atomic E-state index is 11.6. The fourth-order valence-corrected chi connectivity index (χ4v) is 2.37. The summed E-state index contributed by atoms with van der Waals surface area (Å²) in [5, 5.41) is 0.694. The van der Waals surface area contributed by atoms with Gasteiger partial charge in [-0.2, -0.15) is 11.8 Å². The molecule has 1 unspecified atom stereocenters. The number of nitrogens with zero attached hydrogens (tertiary/aromatic N) is 2. The smallest absolute Gasteiger partial charge is 0.319 e. The molecular weight excluding hydrogens is 184 g/mol. The Morgan fingerprint density at radius 3 is 2.77 bits per heavy atom. The third-order valence-electron chi connectivity index (χ3n) is 2.22. The molecular formula is C9H18N2OS. The fraction of sp³-hybridized carbons (Fsp3) is 0.889. The Bertz CT molecular complexity index is 184. The van der Waals surface area contributed by atoms with E-state index in [1.807, 2.05) is 30.8 Å². The van der Waals surface area contributed by atoms with Gasteiger partial charge in [-0.05, 0) is 6.42 Å². The molecule has 13 heavy (non-hydrogen) atoms. The van der Waals surface area contributed by atoms with Gasteiger partial charge in [0.2, 0.25) is 0 Å². The molecule has 0 N–H and O–H groups in total. The van der Waals surface area contributed by atoms with Crippen molar-refractivity contribution in [3.8, 4) is 0 Å². The molecule has 0 aromatic rings. The lowest BCUT2D eigenvalue weighted by molar-refractivity contribution is 0.174. The predicted molar refractivity (Wildman–Crippen MR) is 57.2 cm³/mol. The van der Waals surface area contributed by atoms with Gasteiger partial charge in [0.05, 0.1) is 0 Å². The molecule has 1 rings (SSSR count). The van der Waals surface area contributed by atoms with Crippen molar-refractivity contribution < 1.29 is 4.79 Å². The minimum absolute atomic E-state index is 0.148. The van der Waals surface area contributed by atoms with Crippen LogP contribution in [0.15, 0.2) is 0 Å². The van der Waals surface area contributed by atoms with Gasteiger partial charge in [0.1, 0.15) is 0 Å². The first-order chi connectivity index (χ1) is 6.11. The number of urea groups is 1. The second kappa shape index (κ2) is 4.74. The Morgan fingerprint density at radius 2 is 2.15 bits per heavy atom. The third-order valence-corrected chi connectivity index (χ3v) is 3.45. The predicted octanol–water partition coefficient (Wildman–Crippen LogP) is 1.50. The van der Waals surface area contributed by atoms with E-state index in [-0.39, 0.29) is 6.03 Å². The zero-order chi connectivity index (χ0) is 9.84. The van der Waals surface area contributed by atoms with Crippen LogP contribution < -0.4 is 0 Å². The summed E-state index contributed by atoms with van der Waals surface area (Å²) in [6.45, 7) is 4.03. The number of hydrogen-bond donors (Lipinski definition) is 0. The molecule has 0 aliphatic carbocycles. The standard InChI is InChI=1S/C9H18N2OS/c1-8-4-5-11(6-7-13-8)9(12)10(2)3/h8H,4-7H2,1-3H3. The molecule has 0 radical (unpaired) electrons. The summed E-state index contributed by atoms with van der Waals surface area (Å²) in [6, 6.07) is 0.148. The highest BCUT2D eigenvalue weighted by Crippen LogP contribution is 2.18. The van der Waals surface area contributed by atoms with Crippen LogP contribution in [-0.2, 0) is 0 Å². The maximum Gasteiger partial charge on any atom is 0.319 e. The van der Waals surface area contributed by atoms with Crippen LogP contribution >= 0.6 is 11.8 Å². The van der Waals surface area contributed by atoms with Gasteiger partial charge in [-0.15, -0.1) is 0 Å². The van der Waals surface area contributed by atoms with Crippen LogP contribution in [0.4, 0.5) is 4.79 Å². The fourth-order valence-electron chi connectivity index (χ4n) is 1.37. The van der Waals surface area contributed by atoms with E-state index in [1.165, 1.54) is 0 Å². The number of carbonyl (C=O) groups excluding carboxylic acids is 1. The highest BCUT2D eigenvalue weighted by molar-refractivity contribution is 7.99. The first kappa shape index (κ1) is 10.7. The average Bonchev–Trinajstić information content (AvgIpc) is 2.28. The Kier molecular flexibility index (Phi) is 3.90. The van der Waals surface area contributed by atoms with Gasteiger partial charge in [0.25, 0.3) is 0 Å². The Morgan fingerprint density at radius 1 is 1.46 bits per heavy atom. The second-order valence-corrected chi connectivity index (χ2v) is 5.18. The second-order valence-electron chi connectivity index (χ2n) is 3.63. The molecule has 0 aromatic carbocycles. The summed E-state index contributed by atoms with van der Waals surface area (Å²) in [6.07, 6.45) is 1.12. The van der Waals surface area contributed by atoms with Crippen LogP contribution in [0.5, 0.6) is 0 Å². The van der Waals surface area contributed by atoms with Crippen LogP contribution in [-0.4, -0.2) is 54.0 Å². The number of amides is 2. The molecule has 0 spiro atoms. The van der Waals surface area contributed by atoms with Crippen LogP contribution in [0.25, 0.3) is 0 Å². The highest BCUT2D eigenvalue weighted by Gasteiger charge is 2.19. The molecule has 1 heterocycles. The Balaban J connectivity index is 2.46. The molecule has 1 saturated heterocycles. The van der Waals surface area contributed by atoms with Crippen LogP contribution in [0, 0.1) is 0 Å². The van der Waals surface area contributed by atoms with E-state index < -0.39 is 0 Å². The van der Waals surface area contributed by atoms with Crippen molar-refractivity contribution in [1.29, 1.82) is 0 Å². The lowest BCUT2D eigenvalue weighted by Gasteiger charge is -2.24. The maximum atomic E-state index is 11.6. The highest BCUT2D eigenvalue weighted by atomic mass is 32.2. The van der Waals surface area contributed by atoms with E-state index in [4.69, 9.17) is 0 Å². The SMILES string of the molecule is CC1CCN(C(=O)N(C)C)CCS1. The van der Waals surface area contributed by atoms with E-state index >= 15 is 0 Å². The van der Waals surface area contributed by atoms with Crippen molar-refractivity contribution in [1.82, 2.24) is 9.80 Å². The van der Waals surface area contributed by atoms with Crippen molar-refractivity contribution in [3.05, 3.63) is 0 Å². The van der Waals surface area contributed by atoms with Crippen molar-refractivity contribution in [2.75, 3.05) is 32.9 Å². The molecule has 76 valence electrons.